The van der Waals surface area contributed by atoms with E-state index in [1.807, 2.05) is 0 Å². The van der Waals surface area contributed by atoms with Gasteiger partial charge in [0, 0.05) is 0 Å². The summed E-state index contributed by atoms with van der Waals surface area (Å²) >= 11 is 16.8. The predicted octanol–water partition coefficient (Wildman–Crippen LogP) is 3.06. The Balaban J connectivity index is 3.02. The van der Waals surface area contributed by atoms with Crippen molar-refractivity contribution in [2.75, 3.05) is 0 Å². The molecule has 1 N–H and O–H groups in total. The molecule has 3 nitrogen and oxygen atoms in total. The SMILES string of the molecule is Fc1c(Cl)c(Cl)c2n[nH]nc2c1Cl. The minimum absolute atomic E-state index is 0.00677. The lowest BCUT2D eigenvalue weighted by Crippen LogP contribution is -1.84. The molecule has 0 amide bonds. The number of halogens is 4. The molecule has 7 heteroatoms. The molecular formula is C6HCl3FN3. The number of nitrogens with one attached hydrogen (secondary N) is 1. The molecule has 2 aromatic rings. The second-order valence-corrected chi connectivity index (χ2v) is 3.41. The van der Waals surface area contributed by atoms with Gasteiger partial charge in [-0.15, -0.1) is 0 Å². The van der Waals surface area contributed by atoms with Gasteiger partial charge in [0.15, 0.2) is 5.82 Å². The number of hydrogen-bond donors (Lipinski definition) is 1. The van der Waals surface area contributed by atoms with Crippen molar-refractivity contribution in [2.24, 2.45) is 0 Å². The molecule has 0 atom stereocenters. The van der Waals surface area contributed by atoms with Gasteiger partial charge in [0.2, 0.25) is 0 Å². The molecule has 0 fully saturated rings. The summed E-state index contributed by atoms with van der Waals surface area (Å²) in [6, 6.07) is 0. The fraction of sp³-hybridized carbons (Fsp3) is 0. The van der Waals surface area contributed by atoms with Crippen LogP contribution in [0.1, 0.15) is 0 Å². The highest BCUT2D eigenvalue weighted by Crippen LogP contribution is 2.36. The molecule has 0 saturated carbocycles. The van der Waals surface area contributed by atoms with Gasteiger partial charge >= 0.3 is 0 Å². The Labute approximate surface area is 86.8 Å². The normalized spacial score (nSPS) is 11.1. The summed E-state index contributed by atoms with van der Waals surface area (Å²) in [5.41, 5.74) is 0.437. The summed E-state index contributed by atoms with van der Waals surface area (Å²) in [7, 11) is 0. The third-order valence-corrected chi connectivity index (χ3v) is 2.71. The van der Waals surface area contributed by atoms with Crippen LogP contribution in [0.4, 0.5) is 4.39 Å². The van der Waals surface area contributed by atoms with E-state index in [1.165, 1.54) is 0 Å². The molecule has 0 spiro atoms. The van der Waals surface area contributed by atoms with Gasteiger partial charge in [0.1, 0.15) is 16.1 Å². The quantitative estimate of drug-likeness (QED) is 0.568. The van der Waals surface area contributed by atoms with Crippen LogP contribution >= 0.6 is 34.8 Å². The van der Waals surface area contributed by atoms with Gasteiger partial charge in [0.25, 0.3) is 0 Å². The van der Waals surface area contributed by atoms with Gasteiger partial charge in [0.05, 0.1) is 10.0 Å². The van der Waals surface area contributed by atoms with E-state index in [4.69, 9.17) is 34.8 Å². The molecule has 1 heterocycles. The second-order valence-electron chi connectivity index (χ2n) is 2.28. The summed E-state index contributed by atoms with van der Waals surface area (Å²) in [5.74, 6) is -0.783. The second kappa shape index (κ2) is 2.97. The van der Waals surface area contributed by atoms with E-state index < -0.39 is 5.82 Å². The topological polar surface area (TPSA) is 41.6 Å². The number of benzene rings is 1. The van der Waals surface area contributed by atoms with Gasteiger partial charge in [-0.05, 0) is 0 Å². The molecular weight excluding hydrogens is 239 g/mol. The number of nitrogens with zero attached hydrogens (tertiary/aromatic N) is 2. The molecule has 0 aliphatic carbocycles. The van der Waals surface area contributed by atoms with Crippen LogP contribution in [0.2, 0.25) is 15.1 Å². The molecule has 1 aromatic carbocycles. The van der Waals surface area contributed by atoms with Crippen LogP contribution in [0.25, 0.3) is 11.0 Å². The monoisotopic (exact) mass is 239 g/mol. The van der Waals surface area contributed by atoms with Crippen LogP contribution in [0.15, 0.2) is 0 Å². The minimum atomic E-state index is -0.783. The zero-order valence-corrected chi connectivity index (χ0v) is 8.17. The van der Waals surface area contributed by atoms with Crippen LogP contribution in [0.5, 0.6) is 0 Å². The number of aromatic nitrogens is 3. The van der Waals surface area contributed by atoms with Crippen molar-refractivity contribution in [3.05, 3.63) is 20.9 Å². The summed E-state index contributed by atoms with van der Waals surface area (Å²) in [5, 5.41) is 9.17. The fourth-order valence-corrected chi connectivity index (χ4v) is 1.61. The van der Waals surface area contributed by atoms with Crippen LogP contribution in [-0.2, 0) is 0 Å². The first-order valence-electron chi connectivity index (χ1n) is 3.15. The molecule has 2 rings (SSSR count). The van der Waals surface area contributed by atoms with Crippen molar-refractivity contribution < 1.29 is 4.39 Å². The molecule has 0 radical (unpaired) electrons. The Morgan fingerprint density at radius 3 is 2.08 bits per heavy atom. The van der Waals surface area contributed by atoms with E-state index in [1.54, 1.807) is 0 Å². The average Bonchev–Trinajstić information content (AvgIpc) is 2.59. The molecule has 0 aliphatic heterocycles. The van der Waals surface area contributed by atoms with Crippen LogP contribution in [-0.4, -0.2) is 15.4 Å². The summed E-state index contributed by atoms with van der Waals surface area (Å²) in [4.78, 5) is 0. The lowest BCUT2D eigenvalue weighted by atomic mass is 10.3. The Kier molecular flexibility index (Phi) is 2.06. The van der Waals surface area contributed by atoms with Crippen molar-refractivity contribution in [3.8, 4) is 0 Å². The van der Waals surface area contributed by atoms with Gasteiger partial charge in [-0.2, -0.15) is 15.4 Å². The first kappa shape index (κ1) is 8.99. The van der Waals surface area contributed by atoms with Crippen LogP contribution < -0.4 is 0 Å². The molecule has 0 bridgehead atoms. The number of hydrogen-bond acceptors (Lipinski definition) is 2. The molecule has 0 aliphatic rings. The van der Waals surface area contributed by atoms with E-state index in [2.05, 4.69) is 15.4 Å². The number of H-pyrrole nitrogens is 1. The van der Waals surface area contributed by atoms with E-state index in [0.29, 0.717) is 0 Å². The lowest BCUT2D eigenvalue weighted by Gasteiger charge is -1.99. The first-order valence-corrected chi connectivity index (χ1v) is 4.28. The van der Waals surface area contributed by atoms with Crippen LogP contribution in [0.3, 0.4) is 0 Å². The van der Waals surface area contributed by atoms with Gasteiger partial charge in [-0.25, -0.2) is 4.39 Å². The van der Waals surface area contributed by atoms with Crippen molar-refractivity contribution in [1.29, 1.82) is 0 Å². The zero-order valence-electron chi connectivity index (χ0n) is 5.91. The highest BCUT2D eigenvalue weighted by Gasteiger charge is 2.18. The molecule has 13 heavy (non-hydrogen) atoms. The Morgan fingerprint density at radius 1 is 0.923 bits per heavy atom. The van der Waals surface area contributed by atoms with E-state index in [0.717, 1.165) is 0 Å². The van der Waals surface area contributed by atoms with Gasteiger partial charge in [-0.3, -0.25) is 0 Å². The van der Waals surface area contributed by atoms with Crippen molar-refractivity contribution in [1.82, 2.24) is 15.4 Å². The number of rotatable bonds is 0. The highest BCUT2D eigenvalue weighted by molar-refractivity contribution is 6.47. The maximum Gasteiger partial charge on any atom is 0.164 e. The Bertz CT molecular complexity index is 439. The Morgan fingerprint density at radius 2 is 1.46 bits per heavy atom. The largest absolute Gasteiger partial charge is 0.204 e. The van der Waals surface area contributed by atoms with E-state index in [9.17, 15) is 4.39 Å². The predicted molar refractivity (Wildman–Crippen MR) is 48.9 cm³/mol. The standard InChI is InChI=1S/C6HCl3FN3/c7-1-2(8)5-6(12-13-11-5)3(9)4(1)10/h(H,11,12,13). The van der Waals surface area contributed by atoms with E-state index >= 15 is 0 Å². The summed E-state index contributed by atoms with van der Waals surface area (Å²) < 4.78 is 13.2. The number of fused-ring (bicyclic) bond motifs is 1. The van der Waals surface area contributed by atoms with Crippen molar-refractivity contribution in [2.45, 2.75) is 0 Å². The van der Waals surface area contributed by atoms with Gasteiger partial charge in [-0.1, -0.05) is 34.8 Å². The number of aromatic amines is 1. The smallest absolute Gasteiger partial charge is 0.164 e. The molecule has 0 saturated heterocycles. The minimum Gasteiger partial charge on any atom is -0.204 e. The lowest BCUT2D eigenvalue weighted by molar-refractivity contribution is 0.630. The maximum absolute atomic E-state index is 13.2. The van der Waals surface area contributed by atoms with E-state index in [-0.39, 0.29) is 26.1 Å². The summed E-state index contributed by atoms with van der Waals surface area (Å²) in [6.07, 6.45) is 0. The van der Waals surface area contributed by atoms with Crippen molar-refractivity contribution >= 4 is 45.8 Å². The third kappa shape index (κ3) is 1.17. The van der Waals surface area contributed by atoms with Gasteiger partial charge < -0.3 is 0 Å². The third-order valence-electron chi connectivity index (χ3n) is 1.54. The Hall–Kier alpha value is -0.580. The molecule has 1 aromatic heterocycles. The fourth-order valence-electron chi connectivity index (χ4n) is 0.938. The zero-order chi connectivity index (χ0) is 9.59. The highest BCUT2D eigenvalue weighted by atomic mass is 35.5. The van der Waals surface area contributed by atoms with Crippen molar-refractivity contribution in [3.63, 3.8) is 0 Å². The molecule has 0 unspecified atom stereocenters. The molecule has 68 valence electrons. The average molecular weight is 240 g/mol. The summed E-state index contributed by atoms with van der Waals surface area (Å²) in [6.45, 7) is 0. The maximum atomic E-state index is 13.2. The first-order chi connectivity index (χ1) is 6.13. The van der Waals surface area contributed by atoms with Crippen LogP contribution in [0, 0.1) is 5.82 Å².